The van der Waals surface area contributed by atoms with E-state index in [4.69, 9.17) is 4.74 Å². The summed E-state index contributed by atoms with van der Waals surface area (Å²) >= 11 is 0. The molecule has 0 aromatic carbocycles. The summed E-state index contributed by atoms with van der Waals surface area (Å²) in [5.74, 6) is 1.03. The highest BCUT2D eigenvalue weighted by Gasteiger charge is 2.22. The molecule has 0 radical (unpaired) electrons. The van der Waals surface area contributed by atoms with Gasteiger partial charge in [0.25, 0.3) is 0 Å². The maximum absolute atomic E-state index is 11.9. The highest BCUT2D eigenvalue weighted by Crippen LogP contribution is 2.23. The van der Waals surface area contributed by atoms with Crippen LogP contribution in [0.3, 0.4) is 0 Å². The van der Waals surface area contributed by atoms with Crippen LogP contribution in [0.15, 0.2) is 0 Å². The third-order valence-corrected chi connectivity index (χ3v) is 4.07. The van der Waals surface area contributed by atoms with E-state index in [-0.39, 0.29) is 12.0 Å². The van der Waals surface area contributed by atoms with Gasteiger partial charge < -0.3 is 10.1 Å². The largest absolute Gasteiger partial charge is 0.378 e. The summed E-state index contributed by atoms with van der Waals surface area (Å²) in [7, 11) is 0. The molecule has 2 rings (SSSR count). The molecule has 3 heteroatoms. The van der Waals surface area contributed by atoms with Gasteiger partial charge in [-0.3, -0.25) is 4.79 Å². The Bertz CT molecular complexity index is 241. The van der Waals surface area contributed by atoms with Gasteiger partial charge in [-0.15, -0.1) is 0 Å². The summed E-state index contributed by atoms with van der Waals surface area (Å²) in [6, 6.07) is 0.419. The maximum Gasteiger partial charge on any atom is 0.222 e. The van der Waals surface area contributed by atoms with E-state index in [0.717, 1.165) is 38.2 Å². The lowest BCUT2D eigenvalue weighted by molar-refractivity contribution is -0.125. The van der Waals surface area contributed by atoms with Crippen molar-refractivity contribution >= 4 is 5.91 Å². The van der Waals surface area contributed by atoms with Crippen LogP contribution in [0.4, 0.5) is 0 Å². The molecule has 0 spiro atoms. The van der Waals surface area contributed by atoms with Gasteiger partial charge in [-0.2, -0.15) is 0 Å². The van der Waals surface area contributed by atoms with Crippen LogP contribution in [0.25, 0.3) is 0 Å². The van der Waals surface area contributed by atoms with E-state index in [1.54, 1.807) is 0 Å². The van der Waals surface area contributed by atoms with Crippen molar-refractivity contribution in [1.82, 2.24) is 5.32 Å². The van der Waals surface area contributed by atoms with E-state index in [1.807, 2.05) is 0 Å². The molecule has 0 aromatic rings. The Morgan fingerprint density at radius 3 is 2.59 bits per heavy atom. The van der Waals surface area contributed by atoms with Crippen LogP contribution in [0.1, 0.15) is 58.3 Å². The molecule has 1 amide bonds. The number of rotatable bonds is 3. The number of carbonyl (C=O) groups is 1. The highest BCUT2D eigenvalue weighted by molar-refractivity contribution is 5.76. The van der Waals surface area contributed by atoms with Crippen LogP contribution in [0.2, 0.25) is 0 Å². The van der Waals surface area contributed by atoms with Gasteiger partial charge in [-0.25, -0.2) is 0 Å². The molecule has 98 valence electrons. The van der Waals surface area contributed by atoms with E-state index in [0.29, 0.717) is 12.5 Å². The topological polar surface area (TPSA) is 38.3 Å². The summed E-state index contributed by atoms with van der Waals surface area (Å²) in [5.41, 5.74) is 0. The second-order valence-electron chi connectivity index (χ2n) is 5.72. The number of ether oxygens (including phenoxy) is 1. The van der Waals surface area contributed by atoms with Gasteiger partial charge in [-0.05, 0) is 50.9 Å². The quantitative estimate of drug-likeness (QED) is 0.822. The molecular formula is C14H25NO2. The normalized spacial score (nSPS) is 34.3. The zero-order valence-electron chi connectivity index (χ0n) is 10.9. The molecule has 1 saturated carbocycles. The van der Waals surface area contributed by atoms with Crippen molar-refractivity contribution in [2.24, 2.45) is 5.92 Å². The second kappa shape index (κ2) is 6.39. The standard InChI is InChI=1S/C14H25NO2/c1-11-5-7-12(8-6-11)15-14(16)10-13-4-2-3-9-17-13/h11-13H,2-10H2,1H3,(H,15,16). The van der Waals surface area contributed by atoms with Crippen molar-refractivity contribution in [1.29, 1.82) is 0 Å². The predicted octanol–water partition coefficient (Wildman–Crippen LogP) is 2.64. The van der Waals surface area contributed by atoms with Gasteiger partial charge in [0.2, 0.25) is 5.91 Å². The first-order valence-electron chi connectivity index (χ1n) is 7.15. The van der Waals surface area contributed by atoms with Crippen molar-refractivity contribution in [2.75, 3.05) is 6.61 Å². The molecule has 2 aliphatic rings. The SMILES string of the molecule is CC1CCC(NC(=O)CC2CCCCO2)CC1. The fourth-order valence-corrected chi connectivity index (χ4v) is 2.87. The Morgan fingerprint density at radius 2 is 1.94 bits per heavy atom. The summed E-state index contributed by atoms with van der Waals surface area (Å²) in [6.07, 6.45) is 8.96. The smallest absolute Gasteiger partial charge is 0.222 e. The monoisotopic (exact) mass is 239 g/mol. The number of carbonyl (C=O) groups excluding carboxylic acids is 1. The fraction of sp³-hybridized carbons (Fsp3) is 0.929. The molecule has 1 unspecified atom stereocenters. The average molecular weight is 239 g/mol. The van der Waals surface area contributed by atoms with E-state index < -0.39 is 0 Å². The zero-order chi connectivity index (χ0) is 12.1. The average Bonchev–Trinajstić information content (AvgIpc) is 2.33. The zero-order valence-corrected chi connectivity index (χ0v) is 10.9. The number of amides is 1. The summed E-state index contributed by atoms with van der Waals surface area (Å²) in [6.45, 7) is 3.13. The van der Waals surface area contributed by atoms with Gasteiger partial charge in [0.15, 0.2) is 0 Å². The number of nitrogens with one attached hydrogen (secondary N) is 1. The fourth-order valence-electron chi connectivity index (χ4n) is 2.87. The Morgan fingerprint density at radius 1 is 1.18 bits per heavy atom. The molecule has 1 atom stereocenters. The molecular weight excluding hydrogens is 214 g/mol. The minimum atomic E-state index is 0.172. The second-order valence-corrected chi connectivity index (χ2v) is 5.72. The molecule has 3 nitrogen and oxygen atoms in total. The van der Waals surface area contributed by atoms with Gasteiger partial charge in [0, 0.05) is 12.6 Å². The van der Waals surface area contributed by atoms with Crippen LogP contribution in [0.5, 0.6) is 0 Å². The minimum Gasteiger partial charge on any atom is -0.378 e. The number of hydrogen-bond acceptors (Lipinski definition) is 2. The van der Waals surface area contributed by atoms with Crippen molar-refractivity contribution in [3.8, 4) is 0 Å². The highest BCUT2D eigenvalue weighted by atomic mass is 16.5. The Labute approximate surface area is 104 Å². The van der Waals surface area contributed by atoms with E-state index in [9.17, 15) is 4.79 Å². The molecule has 1 heterocycles. The molecule has 1 aliphatic heterocycles. The van der Waals surface area contributed by atoms with Gasteiger partial charge in [0.05, 0.1) is 12.5 Å². The molecule has 1 N–H and O–H groups in total. The van der Waals surface area contributed by atoms with Crippen molar-refractivity contribution in [2.45, 2.75) is 70.4 Å². The third kappa shape index (κ3) is 4.30. The predicted molar refractivity (Wildman–Crippen MR) is 67.8 cm³/mol. The molecule has 1 aliphatic carbocycles. The van der Waals surface area contributed by atoms with E-state index in [2.05, 4.69) is 12.2 Å². The maximum atomic E-state index is 11.9. The lowest BCUT2D eigenvalue weighted by Gasteiger charge is -2.28. The Kier molecular flexibility index (Phi) is 4.84. The van der Waals surface area contributed by atoms with Gasteiger partial charge in [-0.1, -0.05) is 6.92 Å². The van der Waals surface area contributed by atoms with Gasteiger partial charge >= 0.3 is 0 Å². The number of hydrogen-bond donors (Lipinski definition) is 1. The summed E-state index contributed by atoms with van der Waals surface area (Å²) in [4.78, 5) is 11.9. The first-order chi connectivity index (χ1) is 8.24. The molecule has 0 bridgehead atoms. The van der Waals surface area contributed by atoms with Crippen molar-refractivity contribution in [3.63, 3.8) is 0 Å². The lowest BCUT2D eigenvalue weighted by Crippen LogP contribution is -2.39. The van der Waals surface area contributed by atoms with Crippen molar-refractivity contribution < 1.29 is 9.53 Å². The lowest BCUT2D eigenvalue weighted by atomic mass is 9.87. The Hall–Kier alpha value is -0.570. The Balaban J connectivity index is 1.66. The van der Waals surface area contributed by atoms with Crippen LogP contribution < -0.4 is 5.32 Å². The van der Waals surface area contributed by atoms with Gasteiger partial charge in [0.1, 0.15) is 0 Å². The third-order valence-electron chi connectivity index (χ3n) is 4.07. The van der Waals surface area contributed by atoms with Crippen molar-refractivity contribution in [3.05, 3.63) is 0 Å². The first kappa shape index (κ1) is 12.9. The molecule has 1 saturated heterocycles. The van der Waals surface area contributed by atoms with E-state index >= 15 is 0 Å². The van der Waals surface area contributed by atoms with Crippen LogP contribution in [-0.4, -0.2) is 24.7 Å². The molecule has 2 fully saturated rings. The van der Waals surface area contributed by atoms with Crippen LogP contribution in [0, 0.1) is 5.92 Å². The van der Waals surface area contributed by atoms with Crippen LogP contribution in [-0.2, 0) is 9.53 Å². The van der Waals surface area contributed by atoms with E-state index in [1.165, 1.54) is 19.3 Å². The molecule has 0 aromatic heterocycles. The van der Waals surface area contributed by atoms with Crippen LogP contribution >= 0.6 is 0 Å². The summed E-state index contributed by atoms with van der Waals surface area (Å²) in [5, 5.41) is 3.17. The molecule has 17 heavy (non-hydrogen) atoms. The first-order valence-corrected chi connectivity index (χ1v) is 7.15. The minimum absolute atomic E-state index is 0.172. The summed E-state index contributed by atoms with van der Waals surface area (Å²) < 4.78 is 5.59.